The molecule has 3 aromatic heterocycles. The van der Waals surface area contributed by atoms with Gasteiger partial charge in [-0.15, -0.1) is 0 Å². The number of H-pyrrole nitrogens is 1. The van der Waals surface area contributed by atoms with Crippen molar-refractivity contribution in [2.75, 3.05) is 7.05 Å². The Kier molecular flexibility index (Phi) is 8.12. The second-order valence-corrected chi connectivity index (χ2v) is 9.54. The molecule has 39 heavy (non-hydrogen) atoms. The van der Waals surface area contributed by atoms with Crippen molar-refractivity contribution in [3.8, 4) is 17.1 Å². The van der Waals surface area contributed by atoms with Crippen molar-refractivity contribution in [2.24, 2.45) is 0 Å². The SMILES string of the molecule is CNC(=O)CCCCC[C@H](NC(=O)c1ccc(-n2cccc2)nc1)c1ncc(-c2ccc3ccccc3c2)[nH]1. The van der Waals surface area contributed by atoms with Crippen LogP contribution in [0.1, 0.15) is 54.3 Å². The second kappa shape index (κ2) is 12.2. The molecule has 8 nitrogen and oxygen atoms in total. The molecule has 0 unspecified atom stereocenters. The van der Waals surface area contributed by atoms with Crippen molar-refractivity contribution in [2.45, 2.75) is 38.1 Å². The number of rotatable bonds is 11. The summed E-state index contributed by atoms with van der Waals surface area (Å²) in [5.74, 6) is 1.28. The summed E-state index contributed by atoms with van der Waals surface area (Å²) in [7, 11) is 1.65. The van der Waals surface area contributed by atoms with Crippen molar-refractivity contribution < 1.29 is 9.59 Å². The summed E-state index contributed by atoms with van der Waals surface area (Å²) in [4.78, 5) is 37.3. The average molecular weight is 521 g/mol. The molecule has 0 radical (unpaired) electrons. The minimum Gasteiger partial charge on any atom is -0.359 e. The minimum atomic E-state index is -0.309. The van der Waals surface area contributed by atoms with Gasteiger partial charge in [0.1, 0.15) is 11.6 Å². The smallest absolute Gasteiger partial charge is 0.253 e. The van der Waals surface area contributed by atoms with Gasteiger partial charge in [-0.05, 0) is 53.9 Å². The molecule has 3 N–H and O–H groups in total. The maximum absolute atomic E-state index is 13.2. The highest BCUT2D eigenvalue weighted by atomic mass is 16.2. The van der Waals surface area contributed by atoms with Crippen LogP contribution in [0.3, 0.4) is 0 Å². The number of nitrogens with zero attached hydrogens (tertiary/aromatic N) is 3. The van der Waals surface area contributed by atoms with E-state index in [1.54, 1.807) is 19.3 Å². The first-order valence-corrected chi connectivity index (χ1v) is 13.3. The largest absolute Gasteiger partial charge is 0.359 e. The Balaban J connectivity index is 1.31. The number of hydrogen-bond donors (Lipinski definition) is 3. The molecule has 0 aliphatic carbocycles. The molecule has 2 aromatic carbocycles. The minimum absolute atomic E-state index is 0.0433. The molecule has 5 rings (SSSR count). The van der Waals surface area contributed by atoms with Crippen LogP contribution in [0.4, 0.5) is 0 Å². The zero-order chi connectivity index (χ0) is 27.0. The van der Waals surface area contributed by atoms with Gasteiger partial charge in [-0.2, -0.15) is 0 Å². The zero-order valence-electron chi connectivity index (χ0n) is 21.9. The fourth-order valence-electron chi connectivity index (χ4n) is 4.63. The molecule has 8 heteroatoms. The predicted molar refractivity (Wildman–Crippen MR) is 152 cm³/mol. The Morgan fingerprint density at radius 3 is 2.49 bits per heavy atom. The molecule has 0 aliphatic heterocycles. The summed E-state index contributed by atoms with van der Waals surface area (Å²) in [6, 6.07) is 21.7. The summed E-state index contributed by atoms with van der Waals surface area (Å²) in [6.45, 7) is 0. The molecule has 198 valence electrons. The van der Waals surface area contributed by atoms with Gasteiger partial charge in [0.05, 0.1) is 23.5 Å². The number of aromatic nitrogens is 4. The van der Waals surface area contributed by atoms with Crippen LogP contribution in [-0.4, -0.2) is 38.4 Å². The van der Waals surface area contributed by atoms with Crippen LogP contribution < -0.4 is 10.6 Å². The molecule has 0 fully saturated rings. The topological polar surface area (TPSA) is 105 Å². The fraction of sp³-hybridized carbons (Fsp3) is 0.226. The maximum atomic E-state index is 13.2. The summed E-state index contributed by atoms with van der Waals surface area (Å²) in [5.41, 5.74) is 2.41. The molecule has 2 amide bonds. The standard InChI is InChI=1S/C31H32N6O2/c1-32-29(38)12-4-2-3-11-26(36-31(39)25-15-16-28(33-20-25)37-17-7-8-18-37)30-34-21-27(35-30)24-14-13-22-9-5-6-10-23(22)19-24/h5-10,13-21,26H,2-4,11-12H2,1H3,(H,32,38)(H,34,35)(H,36,39)/t26-/m0/s1. The lowest BCUT2D eigenvalue weighted by Gasteiger charge is -2.17. The van der Waals surface area contributed by atoms with E-state index in [4.69, 9.17) is 0 Å². The van der Waals surface area contributed by atoms with Crippen LogP contribution in [-0.2, 0) is 4.79 Å². The normalized spacial score (nSPS) is 11.8. The van der Waals surface area contributed by atoms with Crippen molar-refractivity contribution >= 4 is 22.6 Å². The molecule has 0 saturated heterocycles. The first-order chi connectivity index (χ1) is 19.1. The maximum Gasteiger partial charge on any atom is 0.253 e. The number of aromatic amines is 1. The quantitative estimate of drug-likeness (QED) is 0.198. The first kappa shape index (κ1) is 25.9. The van der Waals surface area contributed by atoms with E-state index in [0.29, 0.717) is 24.2 Å². The molecular weight excluding hydrogens is 488 g/mol. The number of amides is 2. The van der Waals surface area contributed by atoms with Crippen LogP contribution in [0.2, 0.25) is 0 Å². The third-order valence-corrected chi connectivity index (χ3v) is 6.85. The Morgan fingerprint density at radius 2 is 1.72 bits per heavy atom. The van der Waals surface area contributed by atoms with E-state index in [1.807, 2.05) is 53.5 Å². The van der Waals surface area contributed by atoms with Crippen molar-refractivity contribution in [1.29, 1.82) is 0 Å². The van der Waals surface area contributed by atoms with E-state index in [-0.39, 0.29) is 17.9 Å². The number of carbonyl (C=O) groups is 2. The van der Waals surface area contributed by atoms with Crippen LogP contribution in [0.25, 0.3) is 27.8 Å². The lowest BCUT2D eigenvalue weighted by atomic mass is 10.1. The van der Waals surface area contributed by atoms with Crippen molar-refractivity contribution in [3.05, 3.63) is 103 Å². The Bertz CT molecular complexity index is 1540. The molecule has 0 spiro atoms. The summed E-state index contributed by atoms with van der Waals surface area (Å²) in [5, 5.41) is 8.14. The van der Waals surface area contributed by atoms with Crippen LogP contribution >= 0.6 is 0 Å². The van der Waals surface area contributed by atoms with E-state index < -0.39 is 0 Å². The molecule has 0 bridgehead atoms. The fourth-order valence-corrected chi connectivity index (χ4v) is 4.63. The third-order valence-electron chi connectivity index (χ3n) is 6.85. The van der Waals surface area contributed by atoms with Gasteiger partial charge >= 0.3 is 0 Å². The lowest BCUT2D eigenvalue weighted by Crippen LogP contribution is -2.29. The molecule has 3 heterocycles. The van der Waals surface area contributed by atoms with Crippen LogP contribution in [0.15, 0.2) is 91.5 Å². The molecule has 5 aromatic rings. The highest BCUT2D eigenvalue weighted by Gasteiger charge is 2.20. The average Bonchev–Trinajstić information content (AvgIpc) is 3.69. The second-order valence-electron chi connectivity index (χ2n) is 9.54. The van der Waals surface area contributed by atoms with Gasteiger partial charge in [-0.1, -0.05) is 49.2 Å². The van der Waals surface area contributed by atoms with E-state index >= 15 is 0 Å². The number of carbonyl (C=O) groups excluding carboxylic acids is 2. The van der Waals surface area contributed by atoms with E-state index in [0.717, 1.165) is 41.7 Å². The predicted octanol–water partition coefficient (Wildman–Crippen LogP) is 5.58. The van der Waals surface area contributed by atoms with Gasteiger partial charge in [-0.3, -0.25) is 9.59 Å². The highest BCUT2D eigenvalue weighted by Crippen LogP contribution is 2.26. The Hall–Kier alpha value is -4.72. The number of nitrogens with one attached hydrogen (secondary N) is 3. The number of hydrogen-bond acceptors (Lipinski definition) is 4. The van der Waals surface area contributed by atoms with Crippen molar-refractivity contribution in [1.82, 2.24) is 30.2 Å². The van der Waals surface area contributed by atoms with Gasteiger partial charge in [0.15, 0.2) is 0 Å². The van der Waals surface area contributed by atoms with Gasteiger partial charge in [0.25, 0.3) is 5.91 Å². The molecular formula is C31H32N6O2. The van der Waals surface area contributed by atoms with E-state index in [9.17, 15) is 9.59 Å². The highest BCUT2D eigenvalue weighted by molar-refractivity contribution is 5.94. The number of fused-ring (bicyclic) bond motifs is 1. The molecule has 0 aliphatic rings. The zero-order valence-corrected chi connectivity index (χ0v) is 21.9. The number of unbranched alkanes of at least 4 members (excludes halogenated alkanes) is 2. The van der Waals surface area contributed by atoms with E-state index in [1.165, 1.54) is 5.39 Å². The number of benzene rings is 2. The Labute approximate surface area is 227 Å². The first-order valence-electron chi connectivity index (χ1n) is 13.3. The monoisotopic (exact) mass is 520 g/mol. The van der Waals surface area contributed by atoms with Gasteiger partial charge in [-0.25, -0.2) is 9.97 Å². The lowest BCUT2D eigenvalue weighted by molar-refractivity contribution is -0.120. The third kappa shape index (κ3) is 6.41. The summed E-state index contributed by atoms with van der Waals surface area (Å²) >= 11 is 0. The Morgan fingerprint density at radius 1 is 0.897 bits per heavy atom. The van der Waals surface area contributed by atoms with Gasteiger partial charge < -0.3 is 20.2 Å². The van der Waals surface area contributed by atoms with Crippen LogP contribution in [0, 0.1) is 0 Å². The molecule has 0 saturated carbocycles. The van der Waals surface area contributed by atoms with Crippen molar-refractivity contribution in [3.63, 3.8) is 0 Å². The number of pyridine rings is 1. The number of imidazole rings is 1. The van der Waals surface area contributed by atoms with E-state index in [2.05, 4.69) is 55.9 Å². The van der Waals surface area contributed by atoms with Crippen LogP contribution in [0.5, 0.6) is 0 Å². The van der Waals surface area contributed by atoms with Gasteiger partial charge in [0, 0.05) is 37.6 Å². The summed E-state index contributed by atoms with van der Waals surface area (Å²) < 4.78 is 1.89. The summed E-state index contributed by atoms with van der Waals surface area (Å²) in [6.07, 6.45) is 10.9. The van der Waals surface area contributed by atoms with Gasteiger partial charge in [0.2, 0.25) is 5.91 Å². The molecule has 1 atom stereocenters.